The molecule has 5 heteroatoms. The third-order valence-corrected chi connectivity index (χ3v) is 5.75. The first-order valence-corrected chi connectivity index (χ1v) is 8.75. The Balaban J connectivity index is 2.23. The van der Waals surface area contributed by atoms with E-state index in [1.807, 2.05) is 39.0 Å². The lowest BCUT2D eigenvalue weighted by Crippen LogP contribution is -2.41. The molecule has 110 valence electrons. The molecule has 0 spiro atoms. The van der Waals surface area contributed by atoms with Crippen LogP contribution in [-0.2, 0) is 9.84 Å². The van der Waals surface area contributed by atoms with Crippen LogP contribution < -0.4 is 0 Å². The zero-order valence-electron chi connectivity index (χ0n) is 12.2. The van der Waals surface area contributed by atoms with Crippen LogP contribution in [-0.4, -0.2) is 43.3 Å². The normalized spacial score (nSPS) is 20.9. The van der Waals surface area contributed by atoms with Crippen LogP contribution in [0.1, 0.15) is 34.8 Å². The number of nitrogens with zero attached hydrogens (tertiary/aromatic N) is 1. The second kappa shape index (κ2) is 5.56. The second-order valence-corrected chi connectivity index (χ2v) is 7.68. The van der Waals surface area contributed by atoms with E-state index in [1.54, 1.807) is 4.90 Å². The predicted molar refractivity (Wildman–Crippen MR) is 79.7 cm³/mol. The molecular formula is C15H21NO3S. The highest BCUT2D eigenvalue weighted by Crippen LogP contribution is 2.20. The van der Waals surface area contributed by atoms with Crippen molar-refractivity contribution in [1.82, 2.24) is 4.90 Å². The second-order valence-electron chi connectivity index (χ2n) is 5.45. The molecule has 0 aromatic heterocycles. The monoisotopic (exact) mass is 295 g/mol. The Kier molecular flexibility index (Phi) is 4.18. The molecule has 0 aliphatic carbocycles. The minimum absolute atomic E-state index is 0.0716. The van der Waals surface area contributed by atoms with Gasteiger partial charge in [0.2, 0.25) is 0 Å². The highest BCUT2D eigenvalue weighted by molar-refractivity contribution is 7.91. The molecule has 0 N–H and O–H groups in total. The molecule has 1 fully saturated rings. The first-order valence-electron chi connectivity index (χ1n) is 6.92. The molecule has 1 aromatic rings. The molecule has 2 rings (SSSR count). The fraction of sp³-hybridized carbons (Fsp3) is 0.533. The Morgan fingerprint density at radius 3 is 2.50 bits per heavy atom. The molecule has 1 unspecified atom stereocenters. The molecule has 1 aliphatic rings. The summed E-state index contributed by atoms with van der Waals surface area (Å²) < 4.78 is 23.2. The maximum Gasteiger partial charge on any atom is 0.254 e. The van der Waals surface area contributed by atoms with Crippen molar-refractivity contribution in [2.24, 2.45) is 0 Å². The van der Waals surface area contributed by atoms with Crippen molar-refractivity contribution in [1.29, 1.82) is 0 Å². The van der Waals surface area contributed by atoms with E-state index in [0.717, 1.165) is 11.1 Å². The van der Waals surface area contributed by atoms with Crippen LogP contribution in [0.15, 0.2) is 18.2 Å². The van der Waals surface area contributed by atoms with Gasteiger partial charge in [-0.3, -0.25) is 4.79 Å². The highest BCUT2D eigenvalue weighted by Gasteiger charge is 2.34. The van der Waals surface area contributed by atoms with E-state index in [2.05, 4.69) is 0 Å². The van der Waals surface area contributed by atoms with Gasteiger partial charge in [0.25, 0.3) is 5.91 Å². The zero-order chi connectivity index (χ0) is 14.9. The van der Waals surface area contributed by atoms with Crippen molar-refractivity contribution in [2.75, 3.05) is 18.1 Å². The topological polar surface area (TPSA) is 54.5 Å². The van der Waals surface area contributed by atoms with Crippen molar-refractivity contribution in [3.8, 4) is 0 Å². The van der Waals surface area contributed by atoms with Gasteiger partial charge in [-0.05, 0) is 50.5 Å². The molecule has 0 saturated carbocycles. The van der Waals surface area contributed by atoms with Crippen LogP contribution in [0, 0.1) is 13.8 Å². The molecule has 20 heavy (non-hydrogen) atoms. The summed E-state index contributed by atoms with van der Waals surface area (Å²) in [4.78, 5) is 14.3. The predicted octanol–water partition coefficient (Wildman–Crippen LogP) is 1.95. The van der Waals surface area contributed by atoms with Crippen LogP contribution in [0.25, 0.3) is 0 Å². The molecule has 1 aromatic carbocycles. The molecule has 4 nitrogen and oxygen atoms in total. The third kappa shape index (κ3) is 3.03. The summed E-state index contributed by atoms with van der Waals surface area (Å²) in [6.07, 6.45) is 0.548. The quantitative estimate of drug-likeness (QED) is 0.856. The summed E-state index contributed by atoms with van der Waals surface area (Å²) in [6.45, 7) is 6.41. The molecule has 0 radical (unpaired) electrons. The molecular weight excluding hydrogens is 274 g/mol. The van der Waals surface area contributed by atoms with E-state index in [1.165, 1.54) is 0 Å². The molecule has 1 saturated heterocycles. The number of sulfone groups is 1. The molecule has 1 aliphatic heterocycles. The third-order valence-electron chi connectivity index (χ3n) is 4.00. The Morgan fingerprint density at radius 1 is 1.30 bits per heavy atom. The van der Waals surface area contributed by atoms with Crippen LogP contribution in [0.3, 0.4) is 0 Å². The molecule has 1 amide bonds. The van der Waals surface area contributed by atoms with Gasteiger partial charge in [0, 0.05) is 18.2 Å². The maximum absolute atomic E-state index is 12.6. The Morgan fingerprint density at radius 2 is 2.00 bits per heavy atom. The van der Waals surface area contributed by atoms with Crippen LogP contribution in [0.5, 0.6) is 0 Å². The Hall–Kier alpha value is -1.36. The lowest BCUT2D eigenvalue weighted by molar-refractivity contribution is 0.0708. The molecule has 1 atom stereocenters. The van der Waals surface area contributed by atoms with Gasteiger partial charge in [0.05, 0.1) is 11.5 Å². The first-order chi connectivity index (χ1) is 9.34. The summed E-state index contributed by atoms with van der Waals surface area (Å²) >= 11 is 0. The van der Waals surface area contributed by atoms with Crippen molar-refractivity contribution in [3.63, 3.8) is 0 Å². The summed E-state index contributed by atoms with van der Waals surface area (Å²) in [5, 5.41) is 0. The van der Waals surface area contributed by atoms with Crippen molar-refractivity contribution >= 4 is 15.7 Å². The Bertz CT molecular complexity index is 622. The minimum Gasteiger partial charge on any atom is -0.335 e. The largest absolute Gasteiger partial charge is 0.335 e. The van der Waals surface area contributed by atoms with Gasteiger partial charge >= 0.3 is 0 Å². The summed E-state index contributed by atoms with van der Waals surface area (Å²) in [6, 6.07) is 5.45. The number of aryl methyl sites for hydroxylation is 2. The summed E-state index contributed by atoms with van der Waals surface area (Å²) in [5.74, 6) is 0.212. The van der Waals surface area contributed by atoms with E-state index < -0.39 is 9.84 Å². The maximum atomic E-state index is 12.6. The number of carbonyl (C=O) groups excluding carboxylic acids is 1. The van der Waals surface area contributed by atoms with Crippen LogP contribution in [0.2, 0.25) is 0 Å². The number of rotatable bonds is 3. The van der Waals surface area contributed by atoms with E-state index in [4.69, 9.17) is 0 Å². The standard InChI is InChI=1S/C15H21NO3S/c1-4-16(14-7-8-20(18,19)10-14)15(17)13-6-5-11(2)12(3)9-13/h5-6,9,14H,4,7-8,10H2,1-3H3. The first kappa shape index (κ1) is 15.0. The van der Waals surface area contributed by atoms with E-state index >= 15 is 0 Å². The van der Waals surface area contributed by atoms with Crippen molar-refractivity contribution in [2.45, 2.75) is 33.2 Å². The molecule has 1 heterocycles. The SMILES string of the molecule is CCN(C(=O)c1ccc(C)c(C)c1)C1CCS(=O)(=O)C1. The smallest absolute Gasteiger partial charge is 0.254 e. The van der Waals surface area contributed by atoms with Gasteiger partial charge < -0.3 is 4.90 Å². The number of hydrogen-bond donors (Lipinski definition) is 0. The van der Waals surface area contributed by atoms with Crippen LogP contribution >= 0.6 is 0 Å². The fourth-order valence-corrected chi connectivity index (χ4v) is 4.36. The van der Waals surface area contributed by atoms with Crippen molar-refractivity contribution < 1.29 is 13.2 Å². The van der Waals surface area contributed by atoms with Gasteiger partial charge in [-0.25, -0.2) is 8.42 Å². The van der Waals surface area contributed by atoms with Gasteiger partial charge in [-0.2, -0.15) is 0 Å². The summed E-state index contributed by atoms with van der Waals surface area (Å²) in [7, 11) is -2.98. The number of amides is 1. The zero-order valence-corrected chi connectivity index (χ0v) is 13.0. The number of hydrogen-bond acceptors (Lipinski definition) is 3. The van der Waals surface area contributed by atoms with E-state index in [9.17, 15) is 13.2 Å². The van der Waals surface area contributed by atoms with Gasteiger partial charge in [-0.15, -0.1) is 0 Å². The van der Waals surface area contributed by atoms with Gasteiger partial charge in [-0.1, -0.05) is 6.07 Å². The van der Waals surface area contributed by atoms with Crippen LogP contribution in [0.4, 0.5) is 0 Å². The Labute approximate surface area is 120 Å². The average molecular weight is 295 g/mol. The summed E-state index contributed by atoms with van der Waals surface area (Å²) in [5.41, 5.74) is 2.86. The lowest BCUT2D eigenvalue weighted by Gasteiger charge is -2.27. The van der Waals surface area contributed by atoms with E-state index in [-0.39, 0.29) is 23.5 Å². The average Bonchev–Trinajstić information content (AvgIpc) is 2.74. The lowest BCUT2D eigenvalue weighted by atomic mass is 10.0. The van der Waals surface area contributed by atoms with Gasteiger partial charge in [0.1, 0.15) is 0 Å². The number of carbonyl (C=O) groups is 1. The minimum atomic E-state index is -2.98. The number of benzene rings is 1. The van der Waals surface area contributed by atoms with Gasteiger partial charge in [0.15, 0.2) is 9.84 Å². The van der Waals surface area contributed by atoms with E-state index in [0.29, 0.717) is 18.5 Å². The highest BCUT2D eigenvalue weighted by atomic mass is 32.2. The fourth-order valence-electron chi connectivity index (χ4n) is 2.63. The molecule has 0 bridgehead atoms. The van der Waals surface area contributed by atoms with Crippen molar-refractivity contribution in [3.05, 3.63) is 34.9 Å².